The summed E-state index contributed by atoms with van der Waals surface area (Å²) in [5.74, 6) is 1.71. The molecule has 0 saturated heterocycles. The first kappa shape index (κ1) is 66.5. The molecule has 0 radical (unpaired) electrons. The predicted molar refractivity (Wildman–Crippen MR) is 309 cm³/mol. The van der Waals surface area contributed by atoms with Gasteiger partial charge in [-0.15, -0.1) is 0 Å². The van der Waals surface area contributed by atoms with Gasteiger partial charge in [-0.05, 0) is 133 Å². The van der Waals surface area contributed by atoms with E-state index in [9.17, 15) is 14.7 Å². The molecule has 4 aromatic rings. The average Bonchev–Trinajstić information content (AvgIpc) is 3.69. The number of benzene rings is 4. The summed E-state index contributed by atoms with van der Waals surface area (Å²) in [5, 5.41) is 31.9. The number of carbonyl (C=O) groups excluding carboxylic acids is 2. The number of carbonyl (C=O) groups is 2. The van der Waals surface area contributed by atoms with Crippen LogP contribution in [0.15, 0.2) is 125 Å². The number of nitrogens with one attached hydrogen (secondary N) is 1. The molecule has 388 valence electrons. The van der Waals surface area contributed by atoms with Crippen LogP contribution in [0.3, 0.4) is 0 Å². The Kier molecular flexibility index (Phi) is 36.3. The number of allylic oxidation sites excluding steroid dienone is 10. The van der Waals surface area contributed by atoms with Gasteiger partial charge in [0.25, 0.3) is 0 Å². The van der Waals surface area contributed by atoms with Crippen LogP contribution in [0.4, 0.5) is 5.69 Å². The number of aliphatic hydroxyl groups excluding tert-OH is 2. The Labute approximate surface area is 425 Å². The van der Waals surface area contributed by atoms with Crippen molar-refractivity contribution in [2.24, 2.45) is 29.2 Å². The summed E-state index contributed by atoms with van der Waals surface area (Å²) >= 11 is 0. The molecule has 8 nitrogen and oxygen atoms in total. The fourth-order valence-electron chi connectivity index (χ4n) is 7.39. The number of nitrogens with two attached hydrogens (primary N) is 3. The van der Waals surface area contributed by atoms with Gasteiger partial charge in [-0.25, -0.2) is 0 Å². The third-order valence-corrected chi connectivity index (χ3v) is 10.7. The number of unbranched alkanes of at least 4 members (excludes halogenated alkanes) is 1. The number of ketones is 1. The Morgan fingerprint density at radius 2 is 1.20 bits per heavy atom. The fourth-order valence-corrected chi connectivity index (χ4v) is 7.39. The number of aryl methyl sites for hydroxylation is 1. The van der Waals surface area contributed by atoms with Gasteiger partial charge in [0.15, 0.2) is 5.78 Å². The van der Waals surface area contributed by atoms with Crippen LogP contribution in [0, 0.1) is 30.1 Å². The predicted octanol–water partition coefficient (Wildman–Crippen LogP) is 16.1. The zero-order valence-electron chi connectivity index (χ0n) is 46.5. The molecule has 1 aliphatic rings. The third-order valence-electron chi connectivity index (χ3n) is 10.7. The lowest BCUT2D eigenvalue weighted by molar-refractivity contribution is -0.116. The summed E-state index contributed by atoms with van der Waals surface area (Å²) in [7, 11) is 0. The zero-order valence-corrected chi connectivity index (χ0v) is 46.5. The van der Waals surface area contributed by atoms with E-state index in [0.29, 0.717) is 30.2 Å². The zero-order chi connectivity index (χ0) is 53.9. The van der Waals surface area contributed by atoms with Crippen LogP contribution in [0.25, 0.3) is 27.1 Å². The minimum Gasteiger partial charge on any atom is -0.512 e. The highest BCUT2D eigenvalue weighted by Gasteiger charge is 2.25. The van der Waals surface area contributed by atoms with Gasteiger partial charge in [0, 0.05) is 30.2 Å². The van der Waals surface area contributed by atoms with Crippen LogP contribution in [0.2, 0.25) is 0 Å². The van der Waals surface area contributed by atoms with Crippen LogP contribution in [-0.4, -0.2) is 40.8 Å². The molecule has 0 bridgehead atoms. The minimum absolute atomic E-state index is 0.00140. The number of anilines is 1. The monoisotopic (exact) mass is 961 g/mol. The Balaban J connectivity index is 0. The molecule has 5 rings (SSSR count). The number of primary amides is 1. The van der Waals surface area contributed by atoms with Crippen LogP contribution < -0.4 is 17.2 Å². The molecule has 8 heteroatoms. The molecular weight excluding hydrogens is 865 g/mol. The van der Waals surface area contributed by atoms with Crippen molar-refractivity contribution in [1.29, 1.82) is 5.41 Å². The van der Waals surface area contributed by atoms with E-state index in [2.05, 4.69) is 117 Å². The highest BCUT2D eigenvalue weighted by Crippen LogP contribution is 2.39. The van der Waals surface area contributed by atoms with Crippen molar-refractivity contribution in [2.75, 3.05) is 18.9 Å². The number of rotatable bonds is 14. The summed E-state index contributed by atoms with van der Waals surface area (Å²) in [5.41, 5.74) is 24.2. The first-order valence-corrected chi connectivity index (χ1v) is 25.7. The quantitative estimate of drug-likeness (QED) is 0.0317. The standard InChI is InChI=1S/C38H36N2O2.2C6H14.C4H11N.C4H10O.C2H5NO.C2H6/c1-23(31-14-6-12-28-13-8-16-34(40)38(28)31)17-18-29-19-20-30(37(29)36(25(3)41)26(4)42)21-22-33(39)32-15-7-11-27-10-5-9-24(2)35(27)32;2*1-4-5-6(2)3;1-2-3-4-5;1-4(2)3-5;1-2(3)4;1-2/h5-18,21-22,39,41H,19-20,40H2,1-4H3;2*6H,4-5H2,1-3H3;2-5H2,1H3;4-5H,3H2,1-2H3;1H3,(H2,3,4);1-2H3/b22-21?,23-17-,29-18+,36-25?,39-33?;;;;;;. The molecule has 1 aliphatic carbocycles. The maximum Gasteiger partial charge on any atom is 0.214 e. The summed E-state index contributed by atoms with van der Waals surface area (Å²) in [6.07, 6.45) is 17.1. The fraction of sp³-hybridized carbons (Fsp3) is 0.468. The number of nitrogen functional groups attached to an aromatic ring is 1. The molecule has 0 heterocycles. The van der Waals surface area contributed by atoms with E-state index in [0.717, 1.165) is 91.0 Å². The van der Waals surface area contributed by atoms with Gasteiger partial charge >= 0.3 is 0 Å². The van der Waals surface area contributed by atoms with E-state index < -0.39 is 0 Å². The van der Waals surface area contributed by atoms with Crippen molar-refractivity contribution >= 4 is 50.2 Å². The maximum atomic E-state index is 12.8. The highest BCUT2D eigenvalue weighted by atomic mass is 16.3. The highest BCUT2D eigenvalue weighted by molar-refractivity contribution is 6.15. The maximum absolute atomic E-state index is 12.8. The second kappa shape index (κ2) is 38.2. The number of aliphatic hydroxyl groups is 2. The Morgan fingerprint density at radius 1 is 0.729 bits per heavy atom. The van der Waals surface area contributed by atoms with Gasteiger partial charge in [0.1, 0.15) is 5.76 Å². The number of Topliss-reactive ketones (excluding diaryl/α,β-unsaturated/α-hetero) is 1. The van der Waals surface area contributed by atoms with E-state index in [1.807, 2.05) is 76.2 Å². The van der Waals surface area contributed by atoms with Crippen molar-refractivity contribution in [3.63, 3.8) is 0 Å². The van der Waals surface area contributed by atoms with Crippen molar-refractivity contribution in [3.8, 4) is 0 Å². The van der Waals surface area contributed by atoms with Crippen LogP contribution in [0.1, 0.15) is 172 Å². The largest absolute Gasteiger partial charge is 0.512 e. The number of amides is 1. The van der Waals surface area contributed by atoms with Crippen molar-refractivity contribution < 1.29 is 19.8 Å². The Morgan fingerprint density at radius 3 is 1.60 bits per heavy atom. The summed E-state index contributed by atoms with van der Waals surface area (Å²) in [6.45, 7) is 33.2. The Hall–Kier alpha value is -5.57. The van der Waals surface area contributed by atoms with E-state index in [-0.39, 0.29) is 17.4 Å². The molecule has 0 atom stereocenters. The number of fused-ring (bicyclic) bond motifs is 2. The van der Waals surface area contributed by atoms with Crippen LogP contribution in [0.5, 0.6) is 0 Å². The van der Waals surface area contributed by atoms with E-state index in [4.69, 9.17) is 22.0 Å². The lowest BCUT2D eigenvalue weighted by atomic mass is 9.92. The first-order chi connectivity index (χ1) is 33.1. The van der Waals surface area contributed by atoms with E-state index in [1.165, 1.54) is 52.4 Å². The second-order valence-electron chi connectivity index (χ2n) is 18.6. The van der Waals surface area contributed by atoms with E-state index >= 15 is 0 Å². The molecule has 0 saturated carbocycles. The molecule has 0 aliphatic heterocycles. The van der Waals surface area contributed by atoms with E-state index in [1.54, 1.807) is 6.92 Å². The van der Waals surface area contributed by atoms with Gasteiger partial charge in [-0.3, -0.25) is 9.59 Å². The lowest BCUT2D eigenvalue weighted by Crippen LogP contribution is -2.05. The van der Waals surface area contributed by atoms with Crippen LogP contribution in [-0.2, 0) is 9.59 Å². The summed E-state index contributed by atoms with van der Waals surface area (Å²) in [6, 6.07) is 24.3. The molecule has 0 unspecified atom stereocenters. The smallest absolute Gasteiger partial charge is 0.214 e. The molecule has 9 N–H and O–H groups in total. The topological polar surface area (TPSA) is 177 Å². The van der Waals surface area contributed by atoms with Gasteiger partial charge in [0.2, 0.25) is 5.91 Å². The summed E-state index contributed by atoms with van der Waals surface area (Å²) in [4.78, 5) is 22.0. The molecule has 70 heavy (non-hydrogen) atoms. The second-order valence-corrected chi connectivity index (χ2v) is 18.6. The number of hydrogen-bond acceptors (Lipinski definition) is 7. The summed E-state index contributed by atoms with van der Waals surface area (Å²) < 4.78 is 0. The van der Waals surface area contributed by atoms with Gasteiger partial charge in [-0.2, -0.15) is 0 Å². The van der Waals surface area contributed by atoms with Crippen LogP contribution >= 0.6 is 0 Å². The molecule has 1 amide bonds. The van der Waals surface area contributed by atoms with Gasteiger partial charge in [-0.1, -0.05) is 193 Å². The van der Waals surface area contributed by atoms with Crippen molar-refractivity contribution in [1.82, 2.24) is 0 Å². The van der Waals surface area contributed by atoms with Crippen molar-refractivity contribution in [2.45, 2.75) is 162 Å². The average molecular weight is 961 g/mol. The minimum atomic E-state index is -0.333. The van der Waals surface area contributed by atoms with Gasteiger partial charge in [0.05, 0.1) is 11.3 Å². The first-order valence-electron chi connectivity index (χ1n) is 25.7. The Bertz CT molecular complexity index is 2290. The normalized spacial score (nSPS) is 12.9. The molecule has 0 spiro atoms. The van der Waals surface area contributed by atoms with Crippen molar-refractivity contribution in [3.05, 3.63) is 142 Å². The molecular formula is C62H96N4O4. The van der Waals surface area contributed by atoms with Gasteiger partial charge < -0.3 is 32.8 Å². The molecule has 0 aromatic heterocycles. The lowest BCUT2D eigenvalue weighted by Gasteiger charge is -2.12. The third kappa shape index (κ3) is 25.9. The molecule has 0 fully saturated rings. The SMILES string of the molecule is CC.CC(=O)C(=C(C)O)C1=C(C=CC(=N)c2cccc3cccc(C)c23)CC/C1=C\C=C(\C)c1cccc2cccc(N)c12.CC(C)CO.CC(N)=O.CCCC(C)C.CCCC(C)C.CCCCN. The molecule has 4 aromatic carbocycles. The number of hydrogen-bond donors (Lipinski definition) is 6.